The van der Waals surface area contributed by atoms with Crippen molar-refractivity contribution in [3.05, 3.63) is 18.2 Å². The number of nitrogens with one attached hydrogen (secondary N) is 1. The van der Waals surface area contributed by atoms with Gasteiger partial charge in [0.2, 0.25) is 0 Å². The third-order valence-corrected chi connectivity index (χ3v) is 3.76. The van der Waals surface area contributed by atoms with E-state index >= 15 is 0 Å². The topological polar surface area (TPSA) is 87.3 Å². The fraction of sp³-hybridized carbons (Fsp3) is 0.588. The Hall–Kier alpha value is -1.26. The summed E-state index contributed by atoms with van der Waals surface area (Å²) in [6.07, 6.45) is 1.93. The molecule has 0 aromatic heterocycles. The van der Waals surface area contributed by atoms with E-state index in [1.807, 2.05) is 18.2 Å². The molecule has 0 radical (unpaired) electrons. The monoisotopic (exact) mass is 465 g/mol. The number of aliphatic imine (C=N–C) groups is 1. The molecule has 0 spiro atoms. The number of hydrogen-bond donors (Lipinski definition) is 2. The van der Waals surface area contributed by atoms with Crippen LogP contribution in [0.3, 0.4) is 0 Å². The molecule has 0 saturated carbocycles. The molecule has 1 aromatic rings. The third-order valence-electron chi connectivity index (χ3n) is 3.76. The lowest BCUT2D eigenvalue weighted by molar-refractivity contribution is 0.0893. The first-order chi connectivity index (χ1) is 11.7. The fourth-order valence-electron chi connectivity index (χ4n) is 2.43. The maximum atomic E-state index is 5.89. The molecule has 7 nitrogen and oxygen atoms in total. The smallest absolute Gasteiger partial charge is 0.193 e. The Bertz CT molecular complexity index is 537. The van der Waals surface area contributed by atoms with E-state index in [4.69, 9.17) is 24.7 Å². The second kappa shape index (κ2) is 12.2. The van der Waals surface area contributed by atoms with Gasteiger partial charge in [-0.05, 0) is 25.0 Å². The minimum atomic E-state index is 0. The molecule has 1 saturated heterocycles. The van der Waals surface area contributed by atoms with E-state index in [1.165, 1.54) is 0 Å². The predicted molar refractivity (Wildman–Crippen MR) is 109 cm³/mol. The van der Waals surface area contributed by atoms with E-state index < -0.39 is 0 Å². The van der Waals surface area contributed by atoms with Crippen LogP contribution in [-0.2, 0) is 9.47 Å². The van der Waals surface area contributed by atoms with Crippen molar-refractivity contribution in [2.24, 2.45) is 16.6 Å². The Labute approximate surface area is 166 Å². The van der Waals surface area contributed by atoms with Crippen LogP contribution in [0.15, 0.2) is 23.2 Å². The molecule has 0 aliphatic carbocycles. The van der Waals surface area contributed by atoms with Crippen LogP contribution in [0.5, 0.6) is 11.5 Å². The first kappa shape index (κ1) is 21.8. The van der Waals surface area contributed by atoms with Crippen LogP contribution >= 0.6 is 24.0 Å². The molecule has 8 heteroatoms. The van der Waals surface area contributed by atoms with Crippen molar-refractivity contribution in [2.75, 3.05) is 52.5 Å². The summed E-state index contributed by atoms with van der Waals surface area (Å²) in [6.45, 7) is 3.75. The molecule has 0 bridgehead atoms. The van der Waals surface area contributed by atoms with Crippen LogP contribution in [-0.4, -0.2) is 53.2 Å². The first-order valence-corrected chi connectivity index (χ1v) is 8.17. The van der Waals surface area contributed by atoms with Crippen LogP contribution in [0, 0.1) is 5.92 Å². The summed E-state index contributed by atoms with van der Waals surface area (Å²) in [4.78, 5) is 4.29. The maximum Gasteiger partial charge on any atom is 0.193 e. The summed E-state index contributed by atoms with van der Waals surface area (Å²) in [5.74, 6) is 2.22. The molecule has 1 aliphatic rings. The van der Waals surface area contributed by atoms with Gasteiger partial charge in [0.1, 0.15) is 0 Å². The highest BCUT2D eigenvalue weighted by molar-refractivity contribution is 14.0. The number of guanidine groups is 1. The highest BCUT2D eigenvalue weighted by atomic mass is 127. The lowest BCUT2D eigenvalue weighted by Crippen LogP contribution is -2.23. The van der Waals surface area contributed by atoms with Crippen LogP contribution in [0.2, 0.25) is 0 Å². The van der Waals surface area contributed by atoms with Gasteiger partial charge in [0, 0.05) is 37.4 Å². The lowest BCUT2D eigenvalue weighted by atomic mass is 10.1. The normalized spacial score (nSPS) is 17.0. The van der Waals surface area contributed by atoms with Crippen molar-refractivity contribution in [3.63, 3.8) is 0 Å². The van der Waals surface area contributed by atoms with Crippen molar-refractivity contribution in [2.45, 2.75) is 12.8 Å². The second-order valence-corrected chi connectivity index (χ2v) is 5.62. The first-order valence-electron chi connectivity index (χ1n) is 8.17. The molecule has 1 unspecified atom stereocenters. The highest BCUT2D eigenvalue weighted by Gasteiger charge is 2.15. The Kier molecular flexibility index (Phi) is 10.6. The second-order valence-electron chi connectivity index (χ2n) is 5.62. The summed E-state index contributed by atoms with van der Waals surface area (Å²) in [5.41, 5.74) is 6.69. The van der Waals surface area contributed by atoms with Gasteiger partial charge in [0.25, 0.3) is 0 Å². The van der Waals surface area contributed by atoms with Crippen molar-refractivity contribution >= 4 is 35.6 Å². The number of rotatable bonds is 9. The lowest BCUT2D eigenvalue weighted by Gasteiger charge is -2.11. The zero-order valence-corrected chi connectivity index (χ0v) is 17.2. The van der Waals surface area contributed by atoms with Gasteiger partial charge in [-0.25, -0.2) is 0 Å². The summed E-state index contributed by atoms with van der Waals surface area (Å²) < 4.78 is 21.4. The van der Waals surface area contributed by atoms with Crippen LogP contribution < -0.4 is 20.5 Å². The third kappa shape index (κ3) is 7.66. The molecule has 2 rings (SSSR count). The number of methoxy groups -OCH3 is 2. The van der Waals surface area contributed by atoms with E-state index in [-0.39, 0.29) is 24.0 Å². The summed E-state index contributed by atoms with van der Waals surface area (Å²) in [5, 5.41) is 3.04. The van der Waals surface area contributed by atoms with Crippen molar-refractivity contribution in [1.29, 1.82) is 0 Å². The quantitative estimate of drug-likeness (QED) is 0.252. The molecular formula is C17H28IN3O4. The summed E-state index contributed by atoms with van der Waals surface area (Å²) in [6, 6.07) is 5.49. The van der Waals surface area contributed by atoms with Crippen molar-refractivity contribution in [3.8, 4) is 11.5 Å². The zero-order valence-electron chi connectivity index (χ0n) is 14.8. The molecule has 1 fully saturated rings. The van der Waals surface area contributed by atoms with Crippen molar-refractivity contribution in [1.82, 2.24) is 0 Å². The zero-order chi connectivity index (χ0) is 17.2. The van der Waals surface area contributed by atoms with Gasteiger partial charge < -0.3 is 30.0 Å². The molecule has 3 N–H and O–H groups in total. The molecule has 142 valence electrons. The van der Waals surface area contributed by atoms with Gasteiger partial charge in [0.05, 0.1) is 27.4 Å². The number of ether oxygens (including phenoxy) is 4. The summed E-state index contributed by atoms with van der Waals surface area (Å²) in [7, 11) is 3.19. The van der Waals surface area contributed by atoms with E-state index in [2.05, 4.69) is 10.3 Å². The van der Waals surface area contributed by atoms with E-state index in [0.717, 1.165) is 38.3 Å². The Morgan fingerprint density at radius 1 is 1.32 bits per heavy atom. The Morgan fingerprint density at radius 2 is 2.12 bits per heavy atom. The molecule has 1 aromatic carbocycles. The van der Waals surface area contributed by atoms with Crippen LogP contribution in [0.4, 0.5) is 5.69 Å². The number of hydrogen-bond acceptors (Lipinski definition) is 5. The van der Waals surface area contributed by atoms with E-state index in [0.29, 0.717) is 36.5 Å². The Morgan fingerprint density at radius 3 is 2.80 bits per heavy atom. The standard InChI is InChI=1S/C17H27N3O4.HI/c1-21-15-5-4-14(10-16(15)22-2)20-17(18)19-7-3-8-23-11-13-6-9-24-12-13;/h4-5,10,13H,3,6-9,11-12H2,1-2H3,(H3,18,19,20);1H. The number of benzene rings is 1. The molecular weight excluding hydrogens is 437 g/mol. The summed E-state index contributed by atoms with van der Waals surface area (Å²) >= 11 is 0. The number of nitrogens with zero attached hydrogens (tertiary/aromatic N) is 1. The molecule has 25 heavy (non-hydrogen) atoms. The largest absolute Gasteiger partial charge is 0.493 e. The predicted octanol–water partition coefficient (Wildman–Crippen LogP) is 2.49. The van der Waals surface area contributed by atoms with Gasteiger partial charge in [-0.2, -0.15) is 0 Å². The van der Waals surface area contributed by atoms with Gasteiger partial charge in [-0.1, -0.05) is 0 Å². The van der Waals surface area contributed by atoms with Gasteiger partial charge in [0.15, 0.2) is 17.5 Å². The number of anilines is 1. The van der Waals surface area contributed by atoms with E-state index in [1.54, 1.807) is 14.2 Å². The minimum absolute atomic E-state index is 0. The average molecular weight is 465 g/mol. The van der Waals surface area contributed by atoms with Gasteiger partial charge >= 0.3 is 0 Å². The molecule has 1 aliphatic heterocycles. The molecule has 1 heterocycles. The Balaban J connectivity index is 0.00000312. The number of halogens is 1. The van der Waals surface area contributed by atoms with Gasteiger partial charge in [-0.3, -0.25) is 4.99 Å². The average Bonchev–Trinajstić information content (AvgIpc) is 3.11. The maximum absolute atomic E-state index is 5.89. The SMILES string of the molecule is COc1ccc(NC(N)=NCCCOCC2CCOC2)cc1OC.I. The molecule has 0 amide bonds. The minimum Gasteiger partial charge on any atom is -0.493 e. The van der Waals surface area contributed by atoms with Crippen LogP contribution in [0.1, 0.15) is 12.8 Å². The van der Waals surface area contributed by atoms with E-state index in [9.17, 15) is 0 Å². The van der Waals surface area contributed by atoms with Crippen molar-refractivity contribution < 1.29 is 18.9 Å². The van der Waals surface area contributed by atoms with Crippen LogP contribution in [0.25, 0.3) is 0 Å². The molecule has 1 atom stereocenters. The highest BCUT2D eigenvalue weighted by Crippen LogP contribution is 2.29. The number of nitrogens with two attached hydrogens (primary N) is 1. The van der Waals surface area contributed by atoms with Gasteiger partial charge in [-0.15, -0.1) is 24.0 Å². The fourth-order valence-corrected chi connectivity index (χ4v) is 2.43.